The summed E-state index contributed by atoms with van der Waals surface area (Å²) in [5, 5.41) is 4.30. The summed E-state index contributed by atoms with van der Waals surface area (Å²) in [5.74, 6) is 0.534. The Morgan fingerprint density at radius 2 is 1.85 bits per heavy atom. The largest absolute Gasteiger partial charge is 0.392 e. The monoisotopic (exact) mass is 366 g/mol. The quantitative estimate of drug-likeness (QED) is 0.793. The van der Waals surface area contributed by atoms with Crippen LogP contribution in [0.5, 0.6) is 0 Å². The molecule has 27 heavy (non-hydrogen) atoms. The van der Waals surface area contributed by atoms with Crippen molar-refractivity contribution < 1.29 is 14.0 Å². The lowest BCUT2D eigenvalue weighted by Gasteiger charge is -2.45. The molecule has 140 valence electrons. The third kappa shape index (κ3) is 4.03. The summed E-state index contributed by atoms with van der Waals surface area (Å²) in [6.07, 6.45) is 4.01. The van der Waals surface area contributed by atoms with Crippen LogP contribution in [0.25, 0.3) is 6.08 Å². The Hall–Kier alpha value is -2.66. The molecule has 2 heterocycles. The van der Waals surface area contributed by atoms with E-state index in [4.69, 9.17) is 9.57 Å². The summed E-state index contributed by atoms with van der Waals surface area (Å²) in [6, 6.07) is 16.7. The highest BCUT2D eigenvalue weighted by Crippen LogP contribution is 2.34. The van der Waals surface area contributed by atoms with Gasteiger partial charge in [0.15, 0.2) is 5.84 Å². The van der Waals surface area contributed by atoms with E-state index in [1.54, 1.807) is 0 Å². The van der Waals surface area contributed by atoms with Gasteiger partial charge in [-0.2, -0.15) is 0 Å². The van der Waals surface area contributed by atoms with Crippen LogP contribution in [0.3, 0.4) is 0 Å². The molecule has 4 rings (SSSR count). The summed E-state index contributed by atoms with van der Waals surface area (Å²) >= 11 is 0. The van der Waals surface area contributed by atoms with Crippen LogP contribution in [0.4, 0.5) is 4.39 Å². The van der Waals surface area contributed by atoms with E-state index >= 15 is 0 Å². The molecule has 0 spiro atoms. The first-order chi connectivity index (χ1) is 13.1. The standard InChI is InChI=1S/C22H23FN2O2/c1-22(15-26-16-22)14-25-20(18-8-10-19(23)11-9-18)13-27-24-21(25)12-7-17-5-3-2-4-6-17/h2-12,20H,13-16H2,1H3/b12-7+. The fourth-order valence-electron chi connectivity index (χ4n) is 3.44. The van der Waals surface area contributed by atoms with Gasteiger partial charge in [-0.3, -0.25) is 0 Å². The molecule has 0 aromatic heterocycles. The molecule has 2 aliphatic rings. The number of rotatable bonds is 5. The van der Waals surface area contributed by atoms with Gasteiger partial charge in [0, 0.05) is 12.0 Å². The van der Waals surface area contributed by atoms with Gasteiger partial charge in [0.05, 0.1) is 19.3 Å². The molecule has 4 nitrogen and oxygen atoms in total. The van der Waals surface area contributed by atoms with Crippen molar-refractivity contribution >= 4 is 11.9 Å². The molecule has 0 radical (unpaired) electrons. The van der Waals surface area contributed by atoms with Crippen molar-refractivity contribution in [1.82, 2.24) is 4.90 Å². The summed E-state index contributed by atoms with van der Waals surface area (Å²) in [5.41, 5.74) is 2.19. The number of nitrogens with zero attached hydrogens (tertiary/aromatic N) is 2. The maximum atomic E-state index is 13.4. The number of ether oxygens (including phenoxy) is 1. The fraction of sp³-hybridized carbons (Fsp3) is 0.318. The average Bonchev–Trinajstić information content (AvgIpc) is 2.67. The van der Waals surface area contributed by atoms with Gasteiger partial charge in [0.2, 0.25) is 0 Å². The van der Waals surface area contributed by atoms with Crippen LogP contribution in [0, 0.1) is 11.2 Å². The van der Waals surface area contributed by atoms with Gasteiger partial charge < -0.3 is 14.5 Å². The molecule has 5 heteroatoms. The van der Waals surface area contributed by atoms with E-state index in [1.165, 1.54) is 12.1 Å². The predicted molar refractivity (Wildman–Crippen MR) is 104 cm³/mol. The molecular weight excluding hydrogens is 343 g/mol. The zero-order chi connectivity index (χ0) is 18.7. The number of benzene rings is 2. The highest BCUT2D eigenvalue weighted by atomic mass is 19.1. The SMILES string of the molecule is CC1(CN2C(/C=C/c3ccccc3)=NOCC2c2ccc(F)cc2)COC1. The van der Waals surface area contributed by atoms with E-state index in [0.29, 0.717) is 6.61 Å². The Balaban J connectivity index is 1.62. The van der Waals surface area contributed by atoms with Crippen molar-refractivity contribution in [2.45, 2.75) is 13.0 Å². The molecule has 0 saturated carbocycles. The summed E-state index contributed by atoms with van der Waals surface area (Å²) in [6.45, 7) is 4.92. The second-order valence-electron chi connectivity index (χ2n) is 7.49. The van der Waals surface area contributed by atoms with E-state index in [-0.39, 0.29) is 17.3 Å². The topological polar surface area (TPSA) is 34.1 Å². The van der Waals surface area contributed by atoms with Crippen LogP contribution in [0.2, 0.25) is 0 Å². The minimum atomic E-state index is -0.237. The van der Waals surface area contributed by atoms with Crippen molar-refractivity contribution in [3.8, 4) is 0 Å². The van der Waals surface area contributed by atoms with Gasteiger partial charge in [0.25, 0.3) is 0 Å². The zero-order valence-electron chi connectivity index (χ0n) is 15.3. The Morgan fingerprint density at radius 1 is 1.11 bits per heavy atom. The van der Waals surface area contributed by atoms with Gasteiger partial charge in [-0.1, -0.05) is 60.6 Å². The predicted octanol–water partition coefficient (Wildman–Crippen LogP) is 4.26. The molecule has 1 atom stereocenters. The number of amidine groups is 1. The third-order valence-corrected chi connectivity index (χ3v) is 4.99. The second kappa shape index (κ2) is 7.53. The van der Waals surface area contributed by atoms with Crippen LogP contribution >= 0.6 is 0 Å². The smallest absolute Gasteiger partial charge is 0.168 e. The lowest BCUT2D eigenvalue weighted by Crippen LogP contribution is -2.52. The highest BCUT2D eigenvalue weighted by Gasteiger charge is 2.39. The summed E-state index contributed by atoms with van der Waals surface area (Å²) < 4.78 is 18.8. The number of hydrogen-bond donors (Lipinski definition) is 0. The average molecular weight is 366 g/mol. The third-order valence-electron chi connectivity index (χ3n) is 4.99. The van der Waals surface area contributed by atoms with Crippen LogP contribution in [-0.2, 0) is 9.57 Å². The minimum absolute atomic E-state index is 0.0176. The van der Waals surface area contributed by atoms with E-state index in [0.717, 1.165) is 36.7 Å². The highest BCUT2D eigenvalue weighted by molar-refractivity contribution is 5.96. The van der Waals surface area contributed by atoms with Gasteiger partial charge in [-0.25, -0.2) is 4.39 Å². The van der Waals surface area contributed by atoms with Crippen LogP contribution in [0.15, 0.2) is 65.8 Å². The first-order valence-electron chi connectivity index (χ1n) is 9.16. The molecule has 0 aliphatic carbocycles. The van der Waals surface area contributed by atoms with Crippen LogP contribution < -0.4 is 0 Å². The Kier molecular flexibility index (Phi) is 4.94. The zero-order valence-corrected chi connectivity index (χ0v) is 15.3. The van der Waals surface area contributed by atoms with Gasteiger partial charge in [-0.15, -0.1) is 0 Å². The Bertz CT molecular complexity index is 829. The van der Waals surface area contributed by atoms with Crippen molar-refractivity contribution in [3.05, 3.63) is 77.6 Å². The van der Waals surface area contributed by atoms with Gasteiger partial charge in [-0.05, 0) is 29.3 Å². The van der Waals surface area contributed by atoms with E-state index in [2.05, 4.69) is 17.0 Å². The van der Waals surface area contributed by atoms with E-state index in [1.807, 2.05) is 54.6 Å². The Labute approximate surface area is 158 Å². The lowest BCUT2D eigenvalue weighted by atomic mass is 9.87. The van der Waals surface area contributed by atoms with Gasteiger partial charge in [0.1, 0.15) is 12.4 Å². The van der Waals surface area contributed by atoms with Crippen molar-refractivity contribution in [1.29, 1.82) is 0 Å². The minimum Gasteiger partial charge on any atom is -0.392 e. The normalized spacial score (nSPS) is 21.5. The number of hydrogen-bond acceptors (Lipinski definition) is 4. The van der Waals surface area contributed by atoms with Crippen LogP contribution in [0.1, 0.15) is 24.1 Å². The molecular formula is C22H23FN2O2. The molecule has 2 aromatic carbocycles. The number of halogens is 1. The summed E-state index contributed by atoms with van der Waals surface area (Å²) in [4.78, 5) is 7.78. The Morgan fingerprint density at radius 3 is 2.52 bits per heavy atom. The molecule has 1 fully saturated rings. The fourth-order valence-corrected chi connectivity index (χ4v) is 3.44. The first kappa shape index (κ1) is 17.7. The number of oxime groups is 1. The molecule has 0 N–H and O–H groups in total. The van der Waals surface area contributed by atoms with E-state index in [9.17, 15) is 4.39 Å². The lowest BCUT2D eigenvalue weighted by molar-refractivity contribution is -0.115. The van der Waals surface area contributed by atoms with E-state index < -0.39 is 0 Å². The first-order valence-corrected chi connectivity index (χ1v) is 9.16. The van der Waals surface area contributed by atoms with Crippen molar-refractivity contribution in [2.24, 2.45) is 10.6 Å². The second-order valence-corrected chi connectivity index (χ2v) is 7.49. The van der Waals surface area contributed by atoms with Crippen molar-refractivity contribution in [3.63, 3.8) is 0 Å². The van der Waals surface area contributed by atoms with Gasteiger partial charge >= 0.3 is 0 Å². The van der Waals surface area contributed by atoms with Crippen LogP contribution in [-0.4, -0.2) is 37.1 Å². The van der Waals surface area contributed by atoms with Crippen molar-refractivity contribution in [2.75, 3.05) is 26.4 Å². The molecule has 2 aromatic rings. The molecule has 1 saturated heterocycles. The molecule has 0 amide bonds. The molecule has 0 bridgehead atoms. The molecule has 1 unspecified atom stereocenters. The summed E-state index contributed by atoms with van der Waals surface area (Å²) in [7, 11) is 0. The maximum absolute atomic E-state index is 13.4. The maximum Gasteiger partial charge on any atom is 0.168 e. The molecule has 2 aliphatic heterocycles.